The molecule has 174 valence electrons. The van der Waals surface area contributed by atoms with Crippen molar-refractivity contribution < 1.29 is 26.4 Å². The van der Waals surface area contributed by atoms with E-state index >= 15 is 0 Å². The second-order valence-corrected chi connectivity index (χ2v) is 11.9. The topological polar surface area (TPSA) is 110 Å². The van der Waals surface area contributed by atoms with E-state index in [1.54, 1.807) is 48.5 Å². The van der Waals surface area contributed by atoms with E-state index < -0.39 is 19.9 Å². The highest BCUT2D eigenvalue weighted by Crippen LogP contribution is 2.18. The molecule has 1 aliphatic rings. The van der Waals surface area contributed by atoms with Crippen LogP contribution in [0, 0.1) is 0 Å². The van der Waals surface area contributed by atoms with Crippen LogP contribution in [0.4, 0.5) is 0 Å². The molecule has 0 atom stereocenters. The molecular weight excluding hydrogens is 452 g/mol. The maximum absolute atomic E-state index is 12.7. The van der Waals surface area contributed by atoms with Crippen molar-refractivity contribution in [3.63, 3.8) is 0 Å². The summed E-state index contributed by atoms with van der Waals surface area (Å²) < 4.78 is 54.6. The first-order valence-corrected chi connectivity index (χ1v) is 13.8. The molecule has 32 heavy (non-hydrogen) atoms. The van der Waals surface area contributed by atoms with Gasteiger partial charge in [0.1, 0.15) is 0 Å². The van der Waals surface area contributed by atoms with Crippen LogP contribution in [0.1, 0.15) is 23.1 Å². The summed E-state index contributed by atoms with van der Waals surface area (Å²) >= 11 is 0. The Morgan fingerprint density at radius 1 is 0.906 bits per heavy atom. The van der Waals surface area contributed by atoms with Gasteiger partial charge in [0.05, 0.1) is 23.9 Å². The number of benzene rings is 2. The predicted molar refractivity (Wildman–Crippen MR) is 121 cm³/mol. The summed E-state index contributed by atoms with van der Waals surface area (Å²) in [6, 6.07) is 13.7. The zero-order chi connectivity index (χ0) is 23.2. The third-order valence-electron chi connectivity index (χ3n) is 5.11. The molecule has 0 unspecified atom stereocenters. The minimum Gasteiger partial charge on any atom is -0.379 e. The number of aryl methyl sites for hydroxylation is 1. The number of morpholine rings is 1. The number of carbonyl (C=O) groups is 1. The van der Waals surface area contributed by atoms with E-state index in [2.05, 4.69) is 5.32 Å². The van der Waals surface area contributed by atoms with Gasteiger partial charge in [-0.25, -0.2) is 16.8 Å². The van der Waals surface area contributed by atoms with Crippen molar-refractivity contribution in [2.24, 2.45) is 0 Å². The number of amides is 1. The first kappa shape index (κ1) is 24.4. The van der Waals surface area contributed by atoms with Crippen LogP contribution in [0.15, 0.2) is 53.4 Å². The Balaban J connectivity index is 1.46. The Bertz CT molecular complexity index is 1120. The normalized spacial score (nSPS) is 15.4. The molecule has 1 N–H and O–H groups in total. The fourth-order valence-electron chi connectivity index (χ4n) is 3.37. The van der Waals surface area contributed by atoms with Crippen molar-refractivity contribution in [1.29, 1.82) is 0 Å². The first-order chi connectivity index (χ1) is 15.1. The molecule has 0 aliphatic carbocycles. The zero-order valence-electron chi connectivity index (χ0n) is 18.0. The van der Waals surface area contributed by atoms with Crippen LogP contribution < -0.4 is 5.32 Å². The van der Waals surface area contributed by atoms with Crippen molar-refractivity contribution >= 4 is 25.8 Å². The summed E-state index contributed by atoms with van der Waals surface area (Å²) in [6.45, 7) is 1.86. The Hall–Kier alpha value is -2.27. The lowest BCUT2D eigenvalue weighted by Crippen LogP contribution is -2.40. The molecule has 2 aromatic rings. The number of sulfone groups is 1. The van der Waals surface area contributed by atoms with Crippen molar-refractivity contribution in [3.05, 3.63) is 65.2 Å². The molecule has 8 nitrogen and oxygen atoms in total. The number of rotatable bonds is 9. The van der Waals surface area contributed by atoms with Crippen molar-refractivity contribution in [3.8, 4) is 0 Å². The molecule has 1 fully saturated rings. The smallest absolute Gasteiger partial charge is 0.243 e. The van der Waals surface area contributed by atoms with Crippen molar-refractivity contribution in [2.75, 3.05) is 32.6 Å². The number of nitrogens with zero attached hydrogens (tertiary/aromatic N) is 1. The average molecular weight is 481 g/mol. The Labute approximate surface area is 189 Å². The molecule has 1 amide bonds. The third kappa shape index (κ3) is 7.13. The number of carbonyl (C=O) groups excluding carboxylic acids is 1. The van der Waals surface area contributed by atoms with E-state index in [0.717, 1.165) is 11.1 Å². The second kappa shape index (κ2) is 10.6. The van der Waals surface area contributed by atoms with Crippen LogP contribution in [0.5, 0.6) is 0 Å². The molecule has 1 saturated heterocycles. The maximum atomic E-state index is 12.7. The van der Waals surface area contributed by atoms with E-state index in [1.165, 1.54) is 10.6 Å². The summed E-state index contributed by atoms with van der Waals surface area (Å²) in [5.41, 5.74) is 2.47. The number of hydrogen-bond acceptors (Lipinski definition) is 6. The number of ether oxygens (including phenoxy) is 1. The van der Waals surface area contributed by atoms with Gasteiger partial charge in [0, 0.05) is 32.3 Å². The van der Waals surface area contributed by atoms with Crippen molar-refractivity contribution in [1.82, 2.24) is 9.62 Å². The summed E-state index contributed by atoms with van der Waals surface area (Å²) in [7, 11) is -6.60. The molecule has 3 rings (SSSR count). The fourth-order valence-corrected chi connectivity index (χ4v) is 5.57. The molecule has 1 aliphatic heterocycles. The molecule has 2 aromatic carbocycles. The van der Waals surface area contributed by atoms with E-state index in [4.69, 9.17) is 4.74 Å². The van der Waals surface area contributed by atoms with Crippen LogP contribution in [0.25, 0.3) is 0 Å². The van der Waals surface area contributed by atoms with Gasteiger partial charge >= 0.3 is 0 Å². The van der Waals surface area contributed by atoms with Crippen LogP contribution in [0.2, 0.25) is 0 Å². The molecule has 0 radical (unpaired) electrons. The lowest BCUT2D eigenvalue weighted by atomic mass is 10.1. The molecular formula is C22H28N2O6S2. The van der Waals surface area contributed by atoms with Crippen LogP contribution in [0.3, 0.4) is 0 Å². The lowest BCUT2D eigenvalue weighted by molar-refractivity contribution is -0.121. The Morgan fingerprint density at radius 3 is 2.06 bits per heavy atom. The maximum Gasteiger partial charge on any atom is 0.243 e. The molecule has 1 heterocycles. The summed E-state index contributed by atoms with van der Waals surface area (Å²) in [5.74, 6) is -0.123. The monoisotopic (exact) mass is 480 g/mol. The zero-order valence-corrected chi connectivity index (χ0v) is 19.6. The first-order valence-electron chi connectivity index (χ1n) is 10.3. The highest BCUT2D eigenvalue weighted by molar-refractivity contribution is 7.90. The Kier molecular flexibility index (Phi) is 8.05. The van der Waals surface area contributed by atoms with Gasteiger partial charge in [-0.1, -0.05) is 36.4 Å². The van der Waals surface area contributed by atoms with E-state index in [1.807, 2.05) is 0 Å². The highest BCUT2D eigenvalue weighted by atomic mass is 32.2. The van der Waals surface area contributed by atoms with Gasteiger partial charge in [-0.05, 0) is 35.2 Å². The van der Waals surface area contributed by atoms with E-state index in [0.29, 0.717) is 44.8 Å². The fraction of sp³-hybridized carbons (Fsp3) is 0.409. The van der Waals surface area contributed by atoms with E-state index in [9.17, 15) is 21.6 Å². The van der Waals surface area contributed by atoms with Crippen LogP contribution in [-0.2, 0) is 48.1 Å². The van der Waals surface area contributed by atoms with Crippen LogP contribution >= 0.6 is 0 Å². The van der Waals surface area contributed by atoms with Gasteiger partial charge in [0.25, 0.3) is 0 Å². The second-order valence-electron chi connectivity index (χ2n) is 7.82. The SMILES string of the molecule is CS(=O)(=O)Cc1ccc(CNC(=O)CCc2ccc(S(=O)(=O)N3CCOCC3)cc2)cc1. The molecule has 0 saturated carbocycles. The van der Waals surface area contributed by atoms with Gasteiger partial charge < -0.3 is 10.1 Å². The molecule has 0 bridgehead atoms. The predicted octanol–water partition coefficient (Wildman–Crippen LogP) is 1.50. The summed E-state index contributed by atoms with van der Waals surface area (Å²) in [4.78, 5) is 12.4. The average Bonchev–Trinajstić information content (AvgIpc) is 2.77. The molecule has 0 aromatic heterocycles. The minimum absolute atomic E-state index is 0.00776. The summed E-state index contributed by atoms with van der Waals surface area (Å²) in [5, 5.41) is 2.84. The number of sulfonamides is 1. The van der Waals surface area contributed by atoms with Gasteiger partial charge in [0.2, 0.25) is 15.9 Å². The highest BCUT2D eigenvalue weighted by Gasteiger charge is 2.26. The van der Waals surface area contributed by atoms with Gasteiger partial charge in [-0.3, -0.25) is 4.79 Å². The minimum atomic E-state index is -3.52. The van der Waals surface area contributed by atoms with E-state index in [-0.39, 0.29) is 23.0 Å². The van der Waals surface area contributed by atoms with Crippen molar-refractivity contribution in [2.45, 2.75) is 30.0 Å². The quantitative estimate of drug-likeness (QED) is 0.583. The van der Waals surface area contributed by atoms with Gasteiger partial charge in [-0.2, -0.15) is 4.31 Å². The Morgan fingerprint density at radius 2 is 1.47 bits per heavy atom. The third-order valence-corrected chi connectivity index (χ3v) is 7.88. The largest absolute Gasteiger partial charge is 0.379 e. The lowest BCUT2D eigenvalue weighted by Gasteiger charge is -2.26. The summed E-state index contributed by atoms with van der Waals surface area (Å²) in [6.07, 6.45) is 1.97. The molecule has 10 heteroatoms. The number of hydrogen-bond donors (Lipinski definition) is 1. The standard InChI is InChI=1S/C22H28N2O6S2/c1-31(26,27)17-20-4-2-19(3-5-20)16-23-22(25)11-8-18-6-9-21(10-7-18)32(28,29)24-12-14-30-15-13-24/h2-7,9-10H,8,11-17H2,1H3,(H,23,25). The number of nitrogens with one attached hydrogen (secondary N) is 1. The molecule has 0 spiro atoms. The van der Waals surface area contributed by atoms with Gasteiger partial charge in [-0.15, -0.1) is 0 Å². The van der Waals surface area contributed by atoms with Crippen LogP contribution in [-0.4, -0.2) is 59.6 Å². The van der Waals surface area contributed by atoms with Gasteiger partial charge in [0.15, 0.2) is 9.84 Å².